The van der Waals surface area contributed by atoms with E-state index in [0.717, 1.165) is 31.6 Å². The number of carbonyl (C=O) groups is 2. The molecule has 1 saturated heterocycles. The van der Waals surface area contributed by atoms with E-state index < -0.39 is 0 Å². The third kappa shape index (κ3) is 5.68. The standard InChI is InChI=1S/C20H26ClN7O2S/c21-15-4-3-7-17(12-15)26-8-10-27(11-9-26)19(30)13-22-18(29)14-31-20-23-24-25-28(20)16-5-1-2-6-16/h3-4,7,12,16H,1-2,5-6,8-11,13-14H2,(H,22,29). The molecule has 4 rings (SSSR count). The van der Waals surface area contributed by atoms with Crippen LogP contribution in [-0.2, 0) is 9.59 Å². The number of carbonyl (C=O) groups excluding carboxylic acids is 2. The number of anilines is 1. The van der Waals surface area contributed by atoms with Crippen LogP contribution in [0.3, 0.4) is 0 Å². The van der Waals surface area contributed by atoms with Gasteiger partial charge in [0.25, 0.3) is 0 Å². The van der Waals surface area contributed by atoms with E-state index in [1.165, 1.54) is 24.6 Å². The zero-order valence-electron chi connectivity index (χ0n) is 17.2. The smallest absolute Gasteiger partial charge is 0.242 e. The van der Waals surface area contributed by atoms with Crippen molar-refractivity contribution in [3.63, 3.8) is 0 Å². The van der Waals surface area contributed by atoms with Gasteiger partial charge in [-0.2, -0.15) is 0 Å². The van der Waals surface area contributed by atoms with Crippen molar-refractivity contribution < 1.29 is 9.59 Å². The van der Waals surface area contributed by atoms with E-state index in [0.29, 0.717) is 29.3 Å². The predicted molar refractivity (Wildman–Crippen MR) is 119 cm³/mol. The summed E-state index contributed by atoms with van der Waals surface area (Å²) in [5, 5.41) is 15.9. The average Bonchev–Trinajstić information content (AvgIpc) is 3.48. The molecule has 0 spiro atoms. The number of aromatic nitrogens is 4. The van der Waals surface area contributed by atoms with Gasteiger partial charge in [0.05, 0.1) is 18.3 Å². The maximum absolute atomic E-state index is 12.5. The van der Waals surface area contributed by atoms with Crippen LogP contribution in [0.2, 0.25) is 5.02 Å². The molecule has 11 heteroatoms. The molecular weight excluding hydrogens is 438 g/mol. The molecule has 9 nitrogen and oxygen atoms in total. The Morgan fingerprint density at radius 1 is 1.16 bits per heavy atom. The second-order valence-electron chi connectivity index (χ2n) is 7.76. The van der Waals surface area contributed by atoms with Gasteiger partial charge in [-0.05, 0) is 41.5 Å². The van der Waals surface area contributed by atoms with Gasteiger partial charge in [-0.1, -0.05) is 42.3 Å². The summed E-state index contributed by atoms with van der Waals surface area (Å²) >= 11 is 7.38. The molecule has 1 aromatic heterocycles. The van der Waals surface area contributed by atoms with Gasteiger partial charge in [0.2, 0.25) is 17.0 Å². The van der Waals surface area contributed by atoms with Gasteiger partial charge < -0.3 is 15.1 Å². The molecule has 2 aromatic rings. The second kappa shape index (κ2) is 10.3. The van der Waals surface area contributed by atoms with Crippen LogP contribution in [0.1, 0.15) is 31.7 Å². The van der Waals surface area contributed by atoms with Gasteiger partial charge >= 0.3 is 0 Å². The van der Waals surface area contributed by atoms with Gasteiger partial charge in [-0.3, -0.25) is 9.59 Å². The van der Waals surface area contributed by atoms with Gasteiger partial charge in [-0.25, -0.2) is 4.68 Å². The minimum Gasteiger partial charge on any atom is -0.368 e. The van der Waals surface area contributed by atoms with E-state index in [1.54, 1.807) is 4.90 Å². The monoisotopic (exact) mass is 463 g/mol. The highest BCUT2D eigenvalue weighted by atomic mass is 35.5. The number of halogens is 1. The Labute approximate surface area is 190 Å². The van der Waals surface area contributed by atoms with Crippen molar-refractivity contribution >= 4 is 40.9 Å². The van der Waals surface area contributed by atoms with Crippen molar-refractivity contribution in [1.29, 1.82) is 0 Å². The minimum absolute atomic E-state index is 0.00409. The summed E-state index contributed by atoms with van der Waals surface area (Å²) < 4.78 is 1.83. The van der Waals surface area contributed by atoms with Crippen LogP contribution >= 0.6 is 23.4 Å². The SMILES string of the molecule is O=C(CSc1nnnn1C1CCCC1)NCC(=O)N1CCN(c2cccc(Cl)c2)CC1. The molecular formula is C20H26ClN7O2S. The summed E-state index contributed by atoms with van der Waals surface area (Å²) in [4.78, 5) is 28.7. The van der Waals surface area contributed by atoms with Crippen LogP contribution < -0.4 is 10.2 Å². The van der Waals surface area contributed by atoms with Gasteiger partial charge in [0, 0.05) is 36.9 Å². The number of benzene rings is 1. The molecule has 2 heterocycles. The third-order valence-corrected chi connectivity index (χ3v) is 6.88. The summed E-state index contributed by atoms with van der Waals surface area (Å²) in [7, 11) is 0. The van der Waals surface area contributed by atoms with Crippen LogP contribution in [0.5, 0.6) is 0 Å². The topological polar surface area (TPSA) is 96.2 Å². The Kier molecular flexibility index (Phi) is 7.29. The van der Waals surface area contributed by atoms with Crippen molar-refractivity contribution in [2.24, 2.45) is 0 Å². The van der Waals surface area contributed by atoms with E-state index in [4.69, 9.17) is 11.6 Å². The molecule has 1 aromatic carbocycles. The summed E-state index contributed by atoms with van der Waals surface area (Å²) in [5.41, 5.74) is 1.06. The number of thioether (sulfide) groups is 1. The van der Waals surface area contributed by atoms with Crippen LogP contribution in [0.15, 0.2) is 29.4 Å². The molecule has 2 fully saturated rings. The number of hydrogen-bond donors (Lipinski definition) is 1. The number of hydrogen-bond acceptors (Lipinski definition) is 7. The first kappa shape index (κ1) is 21.9. The molecule has 2 aliphatic rings. The van der Waals surface area contributed by atoms with Crippen LogP contribution in [0.25, 0.3) is 0 Å². The Morgan fingerprint density at radius 2 is 1.94 bits per heavy atom. The van der Waals surface area contributed by atoms with Crippen molar-refractivity contribution in [2.45, 2.75) is 36.9 Å². The molecule has 0 unspecified atom stereocenters. The molecule has 1 aliphatic heterocycles. The third-order valence-electron chi connectivity index (χ3n) is 5.71. The predicted octanol–water partition coefficient (Wildman–Crippen LogP) is 2.00. The van der Waals surface area contributed by atoms with E-state index >= 15 is 0 Å². The molecule has 31 heavy (non-hydrogen) atoms. The summed E-state index contributed by atoms with van der Waals surface area (Å²) in [6.45, 7) is 2.71. The fourth-order valence-corrected chi connectivity index (χ4v) is 4.97. The van der Waals surface area contributed by atoms with Gasteiger partial charge in [0.1, 0.15) is 0 Å². The molecule has 0 radical (unpaired) electrons. The first-order valence-electron chi connectivity index (χ1n) is 10.6. The van der Waals surface area contributed by atoms with Gasteiger partial charge in [-0.15, -0.1) is 5.10 Å². The highest BCUT2D eigenvalue weighted by molar-refractivity contribution is 7.99. The summed E-state index contributed by atoms with van der Waals surface area (Å²) in [6, 6.07) is 8.05. The quantitative estimate of drug-likeness (QED) is 0.627. The fourth-order valence-electron chi connectivity index (χ4n) is 4.01. The average molecular weight is 464 g/mol. The van der Waals surface area contributed by atoms with Gasteiger partial charge in [0.15, 0.2) is 0 Å². The molecule has 166 valence electrons. The van der Waals surface area contributed by atoms with E-state index in [2.05, 4.69) is 25.7 Å². The van der Waals surface area contributed by atoms with Crippen molar-refractivity contribution in [3.05, 3.63) is 29.3 Å². The summed E-state index contributed by atoms with van der Waals surface area (Å²) in [6.07, 6.45) is 4.52. The number of rotatable bonds is 7. The van der Waals surface area contributed by atoms with Crippen LogP contribution in [0.4, 0.5) is 5.69 Å². The Bertz CT molecular complexity index is 910. The number of nitrogens with one attached hydrogen (secondary N) is 1. The lowest BCUT2D eigenvalue weighted by molar-refractivity contribution is -0.132. The lowest BCUT2D eigenvalue weighted by atomic mass is 10.2. The molecule has 1 saturated carbocycles. The highest BCUT2D eigenvalue weighted by Crippen LogP contribution is 2.31. The number of tetrazole rings is 1. The lowest BCUT2D eigenvalue weighted by Crippen LogP contribution is -2.51. The zero-order valence-corrected chi connectivity index (χ0v) is 18.8. The molecule has 1 N–H and O–H groups in total. The minimum atomic E-state index is -0.197. The number of nitrogens with zero attached hydrogens (tertiary/aromatic N) is 6. The lowest BCUT2D eigenvalue weighted by Gasteiger charge is -2.36. The second-order valence-corrected chi connectivity index (χ2v) is 9.14. The number of piperazine rings is 1. The Morgan fingerprint density at radius 3 is 2.68 bits per heavy atom. The maximum atomic E-state index is 12.5. The van der Waals surface area contributed by atoms with E-state index in [9.17, 15) is 9.59 Å². The largest absolute Gasteiger partial charge is 0.368 e. The molecule has 2 amide bonds. The van der Waals surface area contributed by atoms with E-state index in [-0.39, 0.29) is 24.1 Å². The summed E-state index contributed by atoms with van der Waals surface area (Å²) in [5.74, 6) is -0.0834. The molecule has 0 bridgehead atoms. The Balaban J connectivity index is 1.18. The van der Waals surface area contributed by atoms with Crippen molar-refractivity contribution in [2.75, 3.05) is 43.4 Å². The zero-order chi connectivity index (χ0) is 21.6. The van der Waals surface area contributed by atoms with E-state index in [1.807, 2.05) is 28.9 Å². The number of amides is 2. The Hall–Kier alpha value is -2.33. The van der Waals surface area contributed by atoms with Crippen LogP contribution in [0, 0.1) is 0 Å². The van der Waals surface area contributed by atoms with Crippen molar-refractivity contribution in [1.82, 2.24) is 30.4 Å². The van der Waals surface area contributed by atoms with Crippen molar-refractivity contribution in [3.8, 4) is 0 Å². The molecule has 1 aliphatic carbocycles. The maximum Gasteiger partial charge on any atom is 0.242 e. The first-order valence-corrected chi connectivity index (χ1v) is 11.9. The first-order chi connectivity index (χ1) is 15.1. The van der Waals surface area contributed by atoms with Crippen LogP contribution in [-0.4, -0.2) is 75.4 Å². The normalized spacial score (nSPS) is 17.2. The fraction of sp³-hybridized carbons (Fsp3) is 0.550. The molecule has 0 atom stereocenters. The highest BCUT2D eigenvalue weighted by Gasteiger charge is 2.23.